The van der Waals surface area contributed by atoms with Crippen LogP contribution in [0.1, 0.15) is 24.0 Å². The van der Waals surface area contributed by atoms with E-state index in [1.807, 2.05) is 30.6 Å². The number of rotatable bonds is 6. The SMILES string of the molecule is O[C@@H]1CN(Cc2cnc(NCc3ccccc3)nc2)C[C@H]1N1CCCC1. The molecule has 4 rings (SSSR count). The van der Waals surface area contributed by atoms with E-state index in [1.165, 1.54) is 18.4 Å². The number of β-amino-alcohol motifs (C(OH)–C–C–N with tert-alkyl or cyclic N) is 1. The molecule has 0 spiro atoms. The van der Waals surface area contributed by atoms with Crippen molar-refractivity contribution in [1.29, 1.82) is 0 Å². The first kappa shape index (κ1) is 17.4. The molecule has 2 aliphatic heterocycles. The van der Waals surface area contributed by atoms with Crippen LogP contribution in [0.15, 0.2) is 42.7 Å². The highest BCUT2D eigenvalue weighted by molar-refractivity contribution is 5.28. The van der Waals surface area contributed by atoms with E-state index in [0.29, 0.717) is 5.95 Å². The highest BCUT2D eigenvalue weighted by Gasteiger charge is 2.36. The molecule has 2 aliphatic rings. The second-order valence-electron chi connectivity index (χ2n) is 7.33. The molecule has 2 aromatic rings. The monoisotopic (exact) mass is 353 g/mol. The van der Waals surface area contributed by atoms with E-state index in [4.69, 9.17) is 0 Å². The minimum absolute atomic E-state index is 0.249. The summed E-state index contributed by atoms with van der Waals surface area (Å²) in [5, 5.41) is 13.6. The first-order chi connectivity index (χ1) is 12.8. The van der Waals surface area contributed by atoms with Crippen molar-refractivity contribution in [2.24, 2.45) is 0 Å². The third-order valence-electron chi connectivity index (χ3n) is 5.35. The summed E-state index contributed by atoms with van der Waals surface area (Å²) in [5.41, 5.74) is 2.30. The molecular formula is C20H27N5O. The van der Waals surface area contributed by atoms with Crippen LogP contribution < -0.4 is 5.32 Å². The fraction of sp³-hybridized carbons (Fsp3) is 0.500. The Hall–Kier alpha value is -2.02. The summed E-state index contributed by atoms with van der Waals surface area (Å²) in [4.78, 5) is 13.6. The quantitative estimate of drug-likeness (QED) is 0.825. The van der Waals surface area contributed by atoms with Crippen LogP contribution in [0.25, 0.3) is 0 Å². The van der Waals surface area contributed by atoms with Crippen molar-refractivity contribution in [3.05, 3.63) is 53.9 Å². The lowest BCUT2D eigenvalue weighted by Gasteiger charge is -2.25. The van der Waals surface area contributed by atoms with E-state index in [9.17, 15) is 5.11 Å². The fourth-order valence-electron chi connectivity index (χ4n) is 3.97. The van der Waals surface area contributed by atoms with E-state index in [-0.39, 0.29) is 12.1 Å². The van der Waals surface area contributed by atoms with Gasteiger partial charge in [-0.15, -0.1) is 0 Å². The molecule has 2 saturated heterocycles. The van der Waals surface area contributed by atoms with E-state index in [1.54, 1.807) is 0 Å². The Labute approximate surface area is 154 Å². The van der Waals surface area contributed by atoms with Crippen molar-refractivity contribution in [2.45, 2.75) is 38.1 Å². The maximum absolute atomic E-state index is 10.4. The van der Waals surface area contributed by atoms with E-state index in [0.717, 1.165) is 44.8 Å². The van der Waals surface area contributed by atoms with E-state index in [2.05, 4.69) is 37.2 Å². The van der Waals surface area contributed by atoms with Crippen LogP contribution in [0.3, 0.4) is 0 Å². The number of benzene rings is 1. The van der Waals surface area contributed by atoms with Crippen molar-refractivity contribution in [1.82, 2.24) is 19.8 Å². The number of aliphatic hydroxyl groups excluding tert-OH is 1. The summed E-state index contributed by atoms with van der Waals surface area (Å²) in [5.74, 6) is 0.647. The van der Waals surface area contributed by atoms with E-state index >= 15 is 0 Å². The Kier molecular flexibility index (Phi) is 5.43. The molecule has 3 heterocycles. The first-order valence-corrected chi connectivity index (χ1v) is 9.51. The van der Waals surface area contributed by atoms with Gasteiger partial charge < -0.3 is 10.4 Å². The molecule has 26 heavy (non-hydrogen) atoms. The third-order valence-corrected chi connectivity index (χ3v) is 5.35. The van der Waals surface area contributed by atoms with Gasteiger partial charge in [0.25, 0.3) is 0 Å². The van der Waals surface area contributed by atoms with Crippen molar-refractivity contribution in [3.63, 3.8) is 0 Å². The summed E-state index contributed by atoms with van der Waals surface area (Å²) in [6.07, 6.45) is 6.04. The van der Waals surface area contributed by atoms with Crippen LogP contribution in [0.4, 0.5) is 5.95 Å². The minimum atomic E-state index is -0.249. The largest absolute Gasteiger partial charge is 0.390 e. The lowest BCUT2D eigenvalue weighted by atomic mass is 10.2. The van der Waals surface area contributed by atoms with Crippen LogP contribution in [0.2, 0.25) is 0 Å². The zero-order valence-electron chi connectivity index (χ0n) is 15.1. The van der Waals surface area contributed by atoms with Gasteiger partial charge in [-0.25, -0.2) is 9.97 Å². The molecule has 2 atom stereocenters. The Morgan fingerprint density at radius 2 is 1.73 bits per heavy atom. The van der Waals surface area contributed by atoms with Gasteiger partial charge in [0, 0.05) is 50.2 Å². The Balaban J connectivity index is 1.29. The van der Waals surface area contributed by atoms with Gasteiger partial charge in [-0.1, -0.05) is 30.3 Å². The van der Waals surface area contributed by atoms with Crippen molar-refractivity contribution >= 4 is 5.95 Å². The molecule has 2 N–H and O–H groups in total. The summed E-state index contributed by atoms with van der Waals surface area (Å²) in [7, 11) is 0. The number of hydrogen-bond donors (Lipinski definition) is 2. The van der Waals surface area contributed by atoms with Crippen LogP contribution in [-0.2, 0) is 13.1 Å². The van der Waals surface area contributed by atoms with Crippen molar-refractivity contribution < 1.29 is 5.11 Å². The lowest BCUT2D eigenvalue weighted by molar-refractivity contribution is 0.0978. The molecule has 6 heteroatoms. The third kappa shape index (κ3) is 4.20. The van der Waals surface area contributed by atoms with E-state index < -0.39 is 0 Å². The van der Waals surface area contributed by atoms with Crippen molar-refractivity contribution in [3.8, 4) is 0 Å². The summed E-state index contributed by atoms with van der Waals surface area (Å²) in [6, 6.07) is 10.5. The van der Waals surface area contributed by atoms with Crippen LogP contribution >= 0.6 is 0 Å². The Bertz CT molecular complexity index is 687. The van der Waals surface area contributed by atoms with Gasteiger partial charge in [0.15, 0.2) is 0 Å². The average Bonchev–Trinajstić information content (AvgIpc) is 3.32. The maximum atomic E-state index is 10.4. The molecule has 0 aliphatic carbocycles. The van der Waals surface area contributed by atoms with Gasteiger partial charge in [-0.3, -0.25) is 9.80 Å². The van der Waals surface area contributed by atoms with Gasteiger partial charge in [0.2, 0.25) is 5.95 Å². The van der Waals surface area contributed by atoms with Gasteiger partial charge in [0.05, 0.1) is 6.10 Å². The molecule has 0 radical (unpaired) electrons. The molecule has 0 unspecified atom stereocenters. The molecule has 2 fully saturated rings. The zero-order chi connectivity index (χ0) is 17.8. The maximum Gasteiger partial charge on any atom is 0.222 e. The number of hydrogen-bond acceptors (Lipinski definition) is 6. The Morgan fingerprint density at radius 3 is 2.46 bits per heavy atom. The standard InChI is InChI=1S/C20H27N5O/c26-19-15-24(14-18(19)25-8-4-5-9-25)13-17-11-22-20(23-12-17)21-10-16-6-2-1-3-7-16/h1-3,6-7,11-12,18-19,26H,4-5,8-10,13-15H2,(H,21,22,23)/t18-,19-/m1/s1. The predicted octanol–water partition coefficient (Wildman–Crippen LogP) is 1.73. The summed E-state index contributed by atoms with van der Waals surface area (Å²) < 4.78 is 0. The number of anilines is 1. The second-order valence-corrected chi connectivity index (χ2v) is 7.33. The Morgan fingerprint density at radius 1 is 1.00 bits per heavy atom. The van der Waals surface area contributed by atoms with Crippen LogP contribution in [-0.4, -0.2) is 63.2 Å². The number of nitrogens with one attached hydrogen (secondary N) is 1. The summed E-state index contributed by atoms with van der Waals surface area (Å²) in [6.45, 7) is 5.42. The van der Waals surface area contributed by atoms with Gasteiger partial charge in [0.1, 0.15) is 0 Å². The van der Waals surface area contributed by atoms with Gasteiger partial charge in [-0.05, 0) is 31.5 Å². The highest BCUT2D eigenvalue weighted by Crippen LogP contribution is 2.22. The summed E-state index contributed by atoms with van der Waals surface area (Å²) >= 11 is 0. The first-order valence-electron chi connectivity index (χ1n) is 9.51. The molecule has 138 valence electrons. The number of likely N-dealkylation sites (tertiary alicyclic amines) is 2. The zero-order valence-corrected chi connectivity index (χ0v) is 15.1. The number of aromatic nitrogens is 2. The van der Waals surface area contributed by atoms with Gasteiger partial charge >= 0.3 is 0 Å². The minimum Gasteiger partial charge on any atom is -0.390 e. The van der Waals surface area contributed by atoms with Gasteiger partial charge in [-0.2, -0.15) is 0 Å². The number of aliphatic hydroxyl groups is 1. The second kappa shape index (κ2) is 8.12. The highest BCUT2D eigenvalue weighted by atomic mass is 16.3. The molecule has 1 aromatic carbocycles. The average molecular weight is 353 g/mol. The number of nitrogens with zero attached hydrogens (tertiary/aromatic N) is 4. The van der Waals surface area contributed by atoms with Crippen LogP contribution in [0.5, 0.6) is 0 Å². The van der Waals surface area contributed by atoms with Crippen molar-refractivity contribution in [2.75, 3.05) is 31.5 Å². The fourth-order valence-corrected chi connectivity index (χ4v) is 3.97. The molecular weight excluding hydrogens is 326 g/mol. The molecule has 0 saturated carbocycles. The topological polar surface area (TPSA) is 64.5 Å². The van der Waals surface area contributed by atoms with Crippen LogP contribution in [0, 0.1) is 0 Å². The normalized spacial score (nSPS) is 24.2. The molecule has 1 aromatic heterocycles. The lowest BCUT2D eigenvalue weighted by Crippen LogP contribution is -2.41. The molecule has 6 nitrogen and oxygen atoms in total. The predicted molar refractivity (Wildman–Crippen MR) is 102 cm³/mol. The molecule has 0 bridgehead atoms. The smallest absolute Gasteiger partial charge is 0.222 e. The molecule has 0 amide bonds.